The third kappa shape index (κ3) is 3.61. The van der Waals surface area contributed by atoms with Crippen LogP contribution in [0.2, 0.25) is 0 Å². The molecule has 2 N–H and O–H groups in total. The summed E-state index contributed by atoms with van der Waals surface area (Å²) in [7, 11) is -3.11. The molecule has 1 aromatic carbocycles. The Morgan fingerprint density at radius 1 is 1.10 bits per heavy atom. The third-order valence-electron chi connectivity index (χ3n) is 4.24. The third-order valence-corrected chi connectivity index (χ3v) is 6.84. The van der Waals surface area contributed by atoms with Crippen molar-refractivity contribution in [2.24, 2.45) is 5.73 Å². The lowest BCUT2D eigenvalue weighted by molar-refractivity contribution is 0.404. The van der Waals surface area contributed by atoms with Crippen LogP contribution in [0.5, 0.6) is 0 Å². The maximum atomic E-state index is 12.3. The Morgan fingerprint density at radius 3 is 2.05 bits per heavy atom. The zero-order valence-corrected chi connectivity index (χ0v) is 13.8. The molecule has 20 heavy (non-hydrogen) atoms. The van der Waals surface area contributed by atoms with Crippen LogP contribution in [-0.2, 0) is 15.3 Å². The highest BCUT2D eigenvalue weighted by Crippen LogP contribution is 2.32. The topological polar surface area (TPSA) is 60.2 Å². The van der Waals surface area contributed by atoms with Gasteiger partial charge in [-0.3, -0.25) is 0 Å². The molecule has 0 heterocycles. The molecule has 1 atom stereocenters. The summed E-state index contributed by atoms with van der Waals surface area (Å²) in [5.74, 6) is 0.177. The van der Waals surface area contributed by atoms with Crippen molar-refractivity contribution in [1.29, 1.82) is 0 Å². The predicted octanol–water partition coefficient (Wildman–Crippen LogP) is 2.90. The summed E-state index contributed by atoms with van der Waals surface area (Å²) in [6.07, 6.45) is 1.41. The molecule has 0 radical (unpaired) electrons. The summed E-state index contributed by atoms with van der Waals surface area (Å²) in [6, 6.07) is 10.0. The summed E-state index contributed by atoms with van der Waals surface area (Å²) >= 11 is 0. The Kier molecular flexibility index (Phi) is 5.39. The van der Waals surface area contributed by atoms with E-state index in [2.05, 4.69) is 6.92 Å². The molecule has 0 fully saturated rings. The summed E-state index contributed by atoms with van der Waals surface area (Å²) in [6.45, 7) is 7.79. The lowest BCUT2D eigenvalue weighted by atomic mass is 9.76. The highest BCUT2D eigenvalue weighted by Gasteiger charge is 2.34. The van der Waals surface area contributed by atoms with Crippen molar-refractivity contribution in [2.45, 2.75) is 50.7 Å². The van der Waals surface area contributed by atoms with E-state index in [0.717, 1.165) is 12.0 Å². The van der Waals surface area contributed by atoms with E-state index in [1.807, 2.05) is 30.3 Å². The molecule has 1 rings (SSSR count). The molecule has 0 spiro atoms. The van der Waals surface area contributed by atoms with Crippen LogP contribution in [0.15, 0.2) is 30.3 Å². The average Bonchev–Trinajstić information content (AvgIpc) is 2.40. The van der Waals surface area contributed by atoms with E-state index in [-0.39, 0.29) is 11.2 Å². The van der Waals surface area contributed by atoms with Gasteiger partial charge in [0.15, 0.2) is 9.84 Å². The number of sulfone groups is 1. The van der Waals surface area contributed by atoms with Crippen LogP contribution < -0.4 is 5.73 Å². The fourth-order valence-electron chi connectivity index (χ4n) is 2.32. The second kappa shape index (κ2) is 6.27. The molecule has 0 amide bonds. The number of nitrogens with two attached hydrogens (primary N) is 1. The average molecular weight is 297 g/mol. The first-order valence-electron chi connectivity index (χ1n) is 7.16. The minimum atomic E-state index is -3.11. The minimum absolute atomic E-state index is 0.177. The maximum Gasteiger partial charge on any atom is 0.155 e. The van der Waals surface area contributed by atoms with Gasteiger partial charge in [-0.2, -0.15) is 0 Å². The first-order valence-corrected chi connectivity index (χ1v) is 8.82. The van der Waals surface area contributed by atoms with Crippen LogP contribution in [0.4, 0.5) is 0 Å². The molecule has 0 aliphatic rings. The van der Waals surface area contributed by atoms with Gasteiger partial charge in [-0.05, 0) is 39.2 Å². The Morgan fingerprint density at radius 2 is 1.65 bits per heavy atom. The van der Waals surface area contributed by atoms with E-state index in [9.17, 15) is 8.42 Å². The minimum Gasteiger partial charge on any atom is -0.330 e. The van der Waals surface area contributed by atoms with E-state index in [4.69, 9.17) is 5.73 Å². The van der Waals surface area contributed by atoms with Crippen molar-refractivity contribution in [3.05, 3.63) is 35.9 Å². The fourth-order valence-corrected chi connectivity index (χ4v) is 3.59. The standard InChI is InChI=1S/C16H27NO2S/c1-5-16(13-17,14-9-7-6-8-10-14)11-12-20(18,19)15(2,3)4/h6-10H,5,11-13,17H2,1-4H3. The van der Waals surface area contributed by atoms with Gasteiger partial charge < -0.3 is 5.73 Å². The predicted molar refractivity (Wildman–Crippen MR) is 85.6 cm³/mol. The van der Waals surface area contributed by atoms with Gasteiger partial charge in [0.05, 0.1) is 10.5 Å². The van der Waals surface area contributed by atoms with Gasteiger partial charge in [0.2, 0.25) is 0 Å². The normalized spacial score (nSPS) is 15.8. The Bertz CT molecular complexity index is 511. The van der Waals surface area contributed by atoms with E-state index >= 15 is 0 Å². The van der Waals surface area contributed by atoms with Gasteiger partial charge in [-0.15, -0.1) is 0 Å². The van der Waals surface area contributed by atoms with Crippen molar-refractivity contribution in [3.63, 3.8) is 0 Å². The molecule has 0 aliphatic carbocycles. The van der Waals surface area contributed by atoms with Crippen molar-refractivity contribution in [2.75, 3.05) is 12.3 Å². The Balaban J connectivity index is 3.01. The van der Waals surface area contributed by atoms with Crippen LogP contribution >= 0.6 is 0 Å². The molecule has 0 saturated carbocycles. The van der Waals surface area contributed by atoms with E-state index in [1.165, 1.54) is 0 Å². The maximum absolute atomic E-state index is 12.3. The van der Waals surface area contributed by atoms with E-state index < -0.39 is 14.6 Å². The van der Waals surface area contributed by atoms with Crippen LogP contribution in [0.1, 0.15) is 46.1 Å². The van der Waals surface area contributed by atoms with Crippen molar-refractivity contribution in [1.82, 2.24) is 0 Å². The van der Waals surface area contributed by atoms with Crippen LogP contribution in [0.3, 0.4) is 0 Å². The summed E-state index contributed by atoms with van der Waals surface area (Å²) in [4.78, 5) is 0. The van der Waals surface area contributed by atoms with Gasteiger partial charge in [-0.25, -0.2) is 8.42 Å². The number of hydrogen-bond donors (Lipinski definition) is 1. The molecule has 0 bridgehead atoms. The van der Waals surface area contributed by atoms with Crippen LogP contribution in [-0.4, -0.2) is 25.5 Å². The van der Waals surface area contributed by atoms with E-state index in [0.29, 0.717) is 13.0 Å². The number of benzene rings is 1. The molecular formula is C16H27NO2S. The van der Waals surface area contributed by atoms with Gasteiger partial charge in [0, 0.05) is 12.0 Å². The highest BCUT2D eigenvalue weighted by molar-refractivity contribution is 7.92. The molecule has 1 unspecified atom stereocenters. The van der Waals surface area contributed by atoms with Gasteiger partial charge in [0.25, 0.3) is 0 Å². The monoisotopic (exact) mass is 297 g/mol. The van der Waals surface area contributed by atoms with Gasteiger partial charge in [-0.1, -0.05) is 37.3 Å². The zero-order chi connectivity index (χ0) is 15.4. The van der Waals surface area contributed by atoms with Gasteiger partial charge >= 0.3 is 0 Å². The zero-order valence-electron chi connectivity index (χ0n) is 13.0. The smallest absolute Gasteiger partial charge is 0.155 e. The van der Waals surface area contributed by atoms with Crippen LogP contribution in [0.25, 0.3) is 0 Å². The molecule has 0 aliphatic heterocycles. The lowest BCUT2D eigenvalue weighted by Crippen LogP contribution is -2.39. The molecule has 1 aromatic rings. The van der Waals surface area contributed by atoms with Crippen molar-refractivity contribution >= 4 is 9.84 Å². The first-order chi connectivity index (χ1) is 9.18. The lowest BCUT2D eigenvalue weighted by Gasteiger charge is -2.33. The van der Waals surface area contributed by atoms with E-state index in [1.54, 1.807) is 20.8 Å². The number of hydrogen-bond acceptors (Lipinski definition) is 3. The number of rotatable bonds is 6. The highest BCUT2D eigenvalue weighted by atomic mass is 32.2. The second-order valence-corrected chi connectivity index (χ2v) is 9.25. The molecule has 0 aromatic heterocycles. The first kappa shape index (κ1) is 17.2. The van der Waals surface area contributed by atoms with Gasteiger partial charge in [0.1, 0.15) is 0 Å². The Labute approximate surface area is 123 Å². The molecule has 0 saturated heterocycles. The molecule has 4 heteroatoms. The second-order valence-electron chi connectivity index (χ2n) is 6.39. The molecule has 3 nitrogen and oxygen atoms in total. The summed E-state index contributed by atoms with van der Waals surface area (Å²) in [5.41, 5.74) is 6.88. The molecular weight excluding hydrogens is 270 g/mol. The van der Waals surface area contributed by atoms with Crippen molar-refractivity contribution < 1.29 is 8.42 Å². The fraction of sp³-hybridized carbons (Fsp3) is 0.625. The summed E-state index contributed by atoms with van der Waals surface area (Å²) in [5, 5.41) is 0. The molecule has 114 valence electrons. The van der Waals surface area contributed by atoms with Crippen LogP contribution in [0, 0.1) is 0 Å². The van der Waals surface area contributed by atoms with Crippen molar-refractivity contribution in [3.8, 4) is 0 Å². The quantitative estimate of drug-likeness (QED) is 0.878. The SMILES string of the molecule is CCC(CN)(CCS(=O)(=O)C(C)(C)C)c1ccccc1. The Hall–Kier alpha value is -0.870. The summed E-state index contributed by atoms with van der Waals surface area (Å²) < 4.78 is 23.9. The largest absolute Gasteiger partial charge is 0.330 e.